The van der Waals surface area contributed by atoms with Gasteiger partial charge in [-0.25, -0.2) is 0 Å². The molecule has 1 aromatic carbocycles. The molecule has 1 saturated heterocycles. The maximum absolute atomic E-state index is 5.80. The van der Waals surface area contributed by atoms with Crippen LogP contribution in [0, 0.1) is 3.57 Å². The van der Waals surface area contributed by atoms with E-state index in [-0.39, 0.29) is 0 Å². The van der Waals surface area contributed by atoms with Crippen LogP contribution in [-0.2, 0) is 0 Å². The average Bonchev–Trinajstić information content (AvgIpc) is 2.76. The van der Waals surface area contributed by atoms with Gasteiger partial charge in [0, 0.05) is 28.9 Å². The second-order valence-electron chi connectivity index (χ2n) is 5.02. The van der Waals surface area contributed by atoms with E-state index in [4.69, 9.17) is 5.73 Å². The van der Waals surface area contributed by atoms with E-state index in [1.54, 1.807) is 0 Å². The Kier molecular flexibility index (Phi) is 4.72. The number of nitrogens with two attached hydrogens (primary N) is 1. The molecule has 1 atom stereocenters. The van der Waals surface area contributed by atoms with Crippen LogP contribution in [0.4, 0.5) is 11.4 Å². The van der Waals surface area contributed by atoms with Gasteiger partial charge in [-0.15, -0.1) is 0 Å². The number of hydrogen-bond donors (Lipinski definition) is 1. The third kappa shape index (κ3) is 3.09. The van der Waals surface area contributed by atoms with Crippen LogP contribution in [0.3, 0.4) is 0 Å². The summed E-state index contributed by atoms with van der Waals surface area (Å²) in [6.07, 6.45) is 2.66. The van der Waals surface area contributed by atoms with Crippen molar-refractivity contribution in [2.45, 2.75) is 25.8 Å². The summed E-state index contributed by atoms with van der Waals surface area (Å²) in [5, 5.41) is 0. The summed E-state index contributed by atoms with van der Waals surface area (Å²) in [4.78, 5) is 4.94. The summed E-state index contributed by atoms with van der Waals surface area (Å²) in [5.74, 6) is 0. The fourth-order valence-corrected chi connectivity index (χ4v) is 3.72. The van der Waals surface area contributed by atoms with Crippen LogP contribution < -0.4 is 10.6 Å². The number of rotatable bonds is 4. The van der Waals surface area contributed by atoms with Crippen LogP contribution in [0.15, 0.2) is 18.2 Å². The minimum Gasteiger partial charge on any atom is -0.399 e. The molecule has 1 aromatic rings. The van der Waals surface area contributed by atoms with Gasteiger partial charge in [-0.3, -0.25) is 4.90 Å². The summed E-state index contributed by atoms with van der Waals surface area (Å²) < 4.78 is 1.23. The van der Waals surface area contributed by atoms with Gasteiger partial charge in [0.1, 0.15) is 0 Å². The van der Waals surface area contributed by atoms with Gasteiger partial charge in [-0.2, -0.15) is 0 Å². The first-order valence-corrected chi connectivity index (χ1v) is 7.70. The van der Waals surface area contributed by atoms with Crippen molar-refractivity contribution in [1.29, 1.82) is 0 Å². The Labute approximate surface area is 123 Å². The molecule has 0 saturated carbocycles. The lowest BCUT2D eigenvalue weighted by Gasteiger charge is -2.29. The fourth-order valence-electron chi connectivity index (χ4n) is 2.77. The zero-order valence-corrected chi connectivity index (χ0v) is 13.4. The molecule has 0 aliphatic carbocycles. The number of likely N-dealkylation sites (N-methyl/N-ethyl adjacent to an activating group) is 2. The standard InChI is InChI=1S/C14H22IN3/c1-3-18-8-4-5-12(18)10-17(2)14-7-6-11(16)9-13(14)15/h6-7,9,12H,3-5,8,10,16H2,1-2H3. The summed E-state index contributed by atoms with van der Waals surface area (Å²) in [5.41, 5.74) is 7.93. The van der Waals surface area contributed by atoms with Gasteiger partial charge < -0.3 is 10.6 Å². The Morgan fingerprint density at radius 2 is 2.28 bits per heavy atom. The molecule has 1 aliphatic rings. The molecule has 18 heavy (non-hydrogen) atoms. The second-order valence-corrected chi connectivity index (χ2v) is 6.18. The molecule has 0 aromatic heterocycles. The van der Waals surface area contributed by atoms with E-state index >= 15 is 0 Å². The molecule has 1 aliphatic heterocycles. The third-order valence-corrected chi connectivity index (χ3v) is 4.64. The average molecular weight is 359 g/mol. The normalized spacial score (nSPS) is 20.3. The number of likely N-dealkylation sites (tertiary alicyclic amines) is 1. The lowest BCUT2D eigenvalue weighted by molar-refractivity contribution is 0.270. The van der Waals surface area contributed by atoms with Crippen LogP contribution in [-0.4, -0.2) is 37.6 Å². The Balaban J connectivity index is 2.05. The smallest absolute Gasteiger partial charge is 0.0501 e. The molecule has 3 nitrogen and oxygen atoms in total. The molecule has 1 fully saturated rings. The van der Waals surface area contributed by atoms with Crippen LogP contribution in [0.2, 0.25) is 0 Å². The molecule has 1 heterocycles. The van der Waals surface area contributed by atoms with E-state index in [1.807, 2.05) is 12.1 Å². The van der Waals surface area contributed by atoms with Crippen LogP contribution in [0.25, 0.3) is 0 Å². The molecule has 100 valence electrons. The van der Waals surface area contributed by atoms with E-state index in [2.05, 4.69) is 52.4 Å². The van der Waals surface area contributed by atoms with Crippen molar-refractivity contribution in [2.75, 3.05) is 37.3 Å². The number of nitrogen functional groups attached to an aromatic ring is 1. The van der Waals surface area contributed by atoms with Crippen molar-refractivity contribution in [3.8, 4) is 0 Å². The molecule has 1 unspecified atom stereocenters. The highest BCUT2D eigenvalue weighted by Crippen LogP contribution is 2.26. The Hall–Kier alpha value is -0.490. The monoisotopic (exact) mass is 359 g/mol. The number of nitrogens with zero attached hydrogens (tertiary/aromatic N) is 2. The zero-order chi connectivity index (χ0) is 13.1. The highest BCUT2D eigenvalue weighted by atomic mass is 127. The van der Waals surface area contributed by atoms with Gasteiger partial charge in [0.2, 0.25) is 0 Å². The molecule has 0 radical (unpaired) electrons. The maximum Gasteiger partial charge on any atom is 0.0501 e. The summed E-state index contributed by atoms with van der Waals surface area (Å²) in [6, 6.07) is 6.86. The predicted octanol–water partition coefficient (Wildman–Crippen LogP) is 2.79. The summed E-state index contributed by atoms with van der Waals surface area (Å²) >= 11 is 2.37. The Bertz CT molecular complexity index is 408. The first-order chi connectivity index (χ1) is 8.61. The van der Waals surface area contributed by atoms with Gasteiger partial charge in [-0.05, 0) is 66.7 Å². The first-order valence-electron chi connectivity index (χ1n) is 6.62. The van der Waals surface area contributed by atoms with Gasteiger partial charge >= 0.3 is 0 Å². The summed E-state index contributed by atoms with van der Waals surface area (Å²) in [7, 11) is 2.18. The third-order valence-electron chi connectivity index (χ3n) is 3.77. The van der Waals surface area contributed by atoms with Gasteiger partial charge in [0.15, 0.2) is 0 Å². The molecule has 0 spiro atoms. The van der Waals surface area contributed by atoms with E-state index < -0.39 is 0 Å². The molecule has 4 heteroatoms. The minimum absolute atomic E-state index is 0.702. The van der Waals surface area contributed by atoms with Crippen molar-refractivity contribution >= 4 is 34.0 Å². The lowest BCUT2D eigenvalue weighted by atomic mass is 10.2. The minimum atomic E-state index is 0.702. The van der Waals surface area contributed by atoms with Gasteiger partial charge in [-0.1, -0.05) is 6.92 Å². The maximum atomic E-state index is 5.80. The molecule has 0 bridgehead atoms. The largest absolute Gasteiger partial charge is 0.399 e. The Morgan fingerprint density at radius 1 is 1.50 bits per heavy atom. The highest BCUT2D eigenvalue weighted by molar-refractivity contribution is 14.1. The van der Waals surface area contributed by atoms with Crippen molar-refractivity contribution in [2.24, 2.45) is 0 Å². The summed E-state index contributed by atoms with van der Waals surface area (Å²) in [6.45, 7) is 5.78. The first kappa shape index (κ1) is 13.9. The van der Waals surface area contributed by atoms with Crippen LogP contribution >= 0.6 is 22.6 Å². The quantitative estimate of drug-likeness (QED) is 0.663. The van der Waals surface area contributed by atoms with Gasteiger partial charge in [0.05, 0.1) is 5.69 Å². The van der Waals surface area contributed by atoms with E-state index in [1.165, 1.54) is 28.6 Å². The second kappa shape index (κ2) is 6.10. The highest BCUT2D eigenvalue weighted by Gasteiger charge is 2.24. The molecular formula is C14H22IN3. The number of anilines is 2. The van der Waals surface area contributed by atoms with E-state index in [9.17, 15) is 0 Å². The van der Waals surface area contributed by atoms with E-state index in [0.717, 1.165) is 18.8 Å². The molecule has 0 amide bonds. The number of benzene rings is 1. The lowest BCUT2D eigenvalue weighted by Crippen LogP contribution is -2.38. The van der Waals surface area contributed by atoms with Gasteiger partial charge in [0.25, 0.3) is 0 Å². The van der Waals surface area contributed by atoms with E-state index in [0.29, 0.717) is 6.04 Å². The SMILES string of the molecule is CCN1CCCC1CN(C)c1ccc(N)cc1I. The molecule has 2 N–H and O–H groups in total. The molecule has 2 rings (SSSR count). The molecular weight excluding hydrogens is 337 g/mol. The predicted molar refractivity (Wildman–Crippen MR) is 87.1 cm³/mol. The fraction of sp³-hybridized carbons (Fsp3) is 0.571. The van der Waals surface area contributed by atoms with Crippen LogP contribution in [0.1, 0.15) is 19.8 Å². The Morgan fingerprint density at radius 3 is 2.94 bits per heavy atom. The van der Waals surface area contributed by atoms with Crippen molar-refractivity contribution < 1.29 is 0 Å². The van der Waals surface area contributed by atoms with Crippen molar-refractivity contribution in [3.05, 3.63) is 21.8 Å². The number of halogens is 1. The van der Waals surface area contributed by atoms with Crippen LogP contribution in [0.5, 0.6) is 0 Å². The van der Waals surface area contributed by atoms with Crippen molar-refractivity contribution in [3.63, 3.8) is 0 Å². The van der Waals surface area contributed by atoms with Crippen molar-refractivity contribution in [1.82, 2.24) is 4.90 Å². The topological polar surface area (TPSA) is 32.5 Å². The number of hydrogen-bond acceptors (Lipinski definition) is 3. The zero-order valence-electron chi connectivity index (χ0n) is 11.2.